The summed E-state index contributed by atoms with van der Waals surface area (Å²) in [5.41, 5.74) is 10.7. The summed E-state index contributed by atoms with van der Waals surface area (Å²) in [7, 11) is 0. The number of nitriles is 1. The van der Waals surface area contributed by atoms with Crippen LogP contribution >= 0.6 is 11.6 Å². The lowest BCUT2D eigenvalue weighted by atomic mass is 9.85. The molecule has 0 spiro atoms. The minimum absolute atomic E-state index is 0.0215. The maximum Gasteiger partial charge on any atom is 0.311 e. The third-order valence-corrected chi connectivity index (χ3v) is 11.2. The summed E-state index contributed by atoms with van der Waals surface area (Å²) in [6.45, 7) is 8.46. The summed E-state index contributed by atoms with van der Waals surface area (Å²) in [6.07, 6.45) is 4.37. The number of pyridine rings is 1. The molecule has 5 aromatic rings. The summed E-state index contributed by atoms with van der Waals surface area (Å²) >= 11 is 6.80. The van der Waals surface area contributed by atoms with Crippen molar-refractivity contribution in [2.45, 2.75) is 72.8 Å². The SMILES string of the molecule is CC(=O)NCC1Cc2ccc(-c3cccc(-c4cccc(COc5cc(OCc6cncc(C#N)c6)c(CC[C@@](C)(CO)C(=O)O)cc5Cl)c4C)c3C)cc2CN1. The van der Waals surface area contributed by atoms with E-state index in [0.29, 0.717) is 39.8 Å². The second-order valence-corrected chi connectivity index (χ2v) is 15.4. The van der Waals surface area contributed by atoms with E-state index in [4.69, 9.17) is 21.1 Å². The first-order chi connectivity index (χ1) is 27.4. The predicted molar refractivity (Wildman–Crippen MR) is 220 cm³/mol. The highest BCUT2D eigenvalue weighted by atomic mass is 35.5. The van der Waals surface area contributed by atoms with Gasteiger partial charge in [-0.3, -0.25) is 14.6 Å². The second-order valence-electron chi connectivity index (χ2n) is 15.0. The van der Waals surface area contributed by atoms with Crippen LogP contribution in [0.2, 0.25) is 5.02 Å². The number of aliphatic carboxylic acids is 1. The van der Waals surface area contributed by atoms with E-state index in [0.717, 1.165) is 46.3 Å². The molecule has 1 unspecified atom stereocenters. The highest BCUT2D eigenvalue weighted by molar-refractivity contribution is 6.32. The molecule has 0 fully saturated rings. The van der Waals surface area contributed by atoms with Crippen molar-refractivity contribution < 1.29 is 29.3 Å². The van der Waals surface area contributed by atoms with Crippen molar-refractivity contribution in [1.82, 2.24) is 15.6 Å². The van der Waals surface area contributed by atoms with Gasteiger partial charge in [-0.25, -0.2) is 0 Å². The van der Waals surface area contributed by atoms with Gasteiger partial charge in [0.05, 0.1) is 22.6 Å². The zero-order valence-electron chi connectivity index (χ0n) is 32.6. The molecule has 1 aromatic heterocycles. The Balaban J connectivity index is 1.23. The second kappa shape index (κ2) is 18.0. The number of carbonyl (C=O) groups excluding carboxylic acids is 1. The van der Waals surface area contributed by atoms with Gasteiger partial charge in [-0.05, 0) is 114 Å². The van der Waals surface area contributed by atoms with Crippen LogP contribution in [0.1, 0.15) is 64.8 Å². The molecule has 294 valence electrons. The molecule has 0 saturated heterocycles. The number of aliphatic hydroxyl groups is 1. The van der Waals surface area contributed by atoms with Crippen LogP contribution in [-0.2, 0) is 42.2 Å². The van der Waals surface area contributed by atoms with Crippen molar-refractivity contribution in [3.8, 4) is 39.8 Å². The number of hydrogen-bond acceptors (Lipinski definition) is 8. The van der Waals surface area contributed by atoms with E-state index in [1.807, 2.05) is 12.1 Å². The smallest absolute Gasteiger partial charge is 0.311 e. The maximum absolute atomic E-state index is 11.9. The lowest BCUT2D eigenvalue weighted by molar-refractivity contribution is -0.150. The number of fused-ring (bicyclic) bond motifs is 1. The number of nitrogens with zero attached hydrogens (tertiary/aromatic N) is 2. The summed E-state index contributed by atoms with van der Waals surface area (Å²) in [6, 6.07) is 26.7. The number of aromatic nitrogens is 1. The molecule has 0 aliphatic carbocycles. The van der Waals surface area contributed by atoms with Crippen LogP contribution in [0.3, 0.4) is 0 Å². The van der Waals surface area contributed by atoms with E-state index in [-0.39, 0.29) is 38.0 Å². The maximum atomic E-state index is 11.9. The number of halogens is 1. The lowest BCUT2D eigenvalue weighted by Gasteiger charge is -2.27. The number of aryl methyl sites for hydroxylation is 1. The normalized spacial score (nSPS) is 14.5. The van der Waals surface area contributed by atoms with E-state index >= 15 is 0 Å². The molecule has 10 nitrogen and oxygen atoms in total. The first-order valence-electron chi connectivity index (χ1n) is 18.9. The summed E-state index contributed by atoms with van der Waals surface area (Å²) in [5, 5.41) is 35.7. The van der Waals surface area contributed by atoms with Gasteiger partial charge in [0.1, 0.15) is 30.8 Å². The molecule has 57 heavy (non-hydrogen) atoms. The summed E-state index contributed by atoms with van der Waals surface area (Å²) in [5.74, 6) is -0.271. The molecule has 0 radical (unpaired) electrons. The molecule has 6 rings (SSSR count). The zero-order chi connectivity index (χ0) is 40.7. The summed E-state index contributed by atoms with van der Waals surface area (Å²) < 4.78 is 12.6. The Hall–Kier alpha value is -5.73. The van der Waals surface area contributed by atoms with Crippen molar-refractivity contribution in [2.24, 2.45) is 5.41 Å². The lowest BCUT2D eigenvalue weighted by Crippen LogP contribution is -2.44. The fourth-order valence-corrected chi connectivity index (χ4v) is 7.40. The van der Waals surface area contributed by atoms with Gasteiger partial charge in [0.2, 0.25) is 5.91 Å². The molecule has 0 saturated carbocycles. The van der Waals surface area contributed by atoms with E-state index in [1.165, 1.54) is 29.8 Å². The number of hydrogen-bond donors (Lipinski definition) is 4. The van der Waals surface area contributed by atoms with Crippen LogP contribution in [0.15, 0.2) is 85.2 Å². The van der Waals surface area contributed by atoms with Gasteiger partial charge < -0.3 is 30.3 Å². The molecule has 11 heteroatoms. The van der Waals surface area contributed by atoms with Gasteiger partial charge in [0, 0.05) is 50.1 Å². The van der Waals surface area contributed by atoms with Gasteiger partial charge >= 0.3 is 5.97 Å². The van der Waals surface area contributed by atoms with Crippen LogP contribution < -0.4 is 20.1 Å². The average molecular weight is 787 g/mol. The van der Waals surface area contributed by atoms with Crippen LogP contribution in [0.5, 0.6) is 11.5 Å². The van der Waals surface area contributed by atoms with Crippen molar-refractivity contribution in [3.05, 3.63) is 135 Å². The van der Waals surface area contributed by atoms with Crippen LogP contribution in [0.4, 0.5) is 0 Å². The Morgan fingerprint density at radius 1 is 0.947 bits per heavy atom. The molecule has 1 amide bonds. The van der Waals surface area contributed by atoms with Gasteiger partial charge in [-0.15, -0.1) is 0 Å². The number of amides is 1. The number of nitrogens with one attached hydrogen (secondary N) is 2. The van der Waals surface area contributed by atoms with Gasteiger partial charge in [0.25, 0.3) is 0 Å². The minimum atomic E-state index is -1.34. The first kappa shape index (κ1) is 40.9. The molecule has 2 atom stereocenters. The number of aliphatic hydroxyl groups excluding tert-OH is 1. The first-order valence-corrected chi connectivity index (χ1v) is 19.3. The molecular formula is C46H47ClN4O6. The Kier molecular flexibility index (Phi) is 12.9. The Morgan fingerprint density at radius 3 is 2.42 bits per heavy atom. The highest BCUT2D eigenvalue weighted by Gasteiger charge is 2.32. The predicted octanol–water partition coefficient (Wildman–Crippen LogP) is 7.88. The molecular weight excluding hydrogens is 740 g/mol. The molecule has 4 aromatic carbocycles. The quantitative estimate of drug-likeness (QED) is 0.0830. The fraction of sp³-hybridized carbons (Fsp3) is 0.304. The van der Waals surface area contributed by atoms with Crippen LogP contribution in [0.25, 0.3) is 22.3 Å². The number of benzene rings is 4. The largest absolute Gasteiger partial charge is 0.488 e. The van der Waals surface area contributed by atoms with E-state index in [1.54, 1.807) is 31.3 Å². The number of carboxylic acids is 1. The molecule has 1 aliphatic heterocycles. The van der Waals surface area contributed by atoms with Crippen LogP contribution in [-0.4, -0.2) is 46.3 Å². The van der Waals surface area contributed by atoms with Gasteiger partial charge in [-0.2, -0.15) is 5.26 Å². The third-order valence-electron chi connectivity index (χ3n) is 10.9. The van der Waals surface area contributed by atoms with Crippen molar-refractivity contribution in [1.29, 1.82) is 5.26 Å². The molecule has 0 bridgehead atoms. The molecule has 4 N–H and O–H groups in total. The summed E-state index contributed by atoms with van der Waals surface area (Å²) in [4.78, 5) is 27.5. The van der Waals surface area contributed by atoms with Gasteiger partial charge in [-0.1, -0.05) is 60.1 Å². The number of carboxylic acid groups (broad SMARTS) is 1. The van der Waals surface area contributed by atoms with E-state index in [9.17, 15) is 25.1 Å². The number of rotatable bonds is 15. The zero-order valence-corrected chi connectivity index (χ0v) is 33.4. The van der Waals surface area contributed by atoms with E-state index in [2.05, 4.69) is 78.0 Å². The highest BCUT2D eigenvalue weighted by Crippen LogP contribution is 2.38. The standard InChI is InChI=1S/C46H47ClN4O6/c1-28-36(7-5-9-40(28)41-10-6-8-39(29(41)2)34-12-11-33-17-38(24-50-30(3)53)51-23-37(33)16-34)26-57-44-19-43(56-25-32-15-31(20-48)21-49-22-32)35(18-42(44)47)13-14-46(4,27-52)45(54)55/h5-12,15-16,18-19,21-22,38,51-52H,13-14,17,23-27H2,1-4H3,(H,50,53)(H,54,55)/t38?,46-/m0/s1. The monoisotopic (exact) mass is 786 g/mol. The third kappa shape index (κ3) is 9.63. The molecule has 2 heterocycles. The van der Waals surface area contributed by atoms with Crippen molar-refractivity contribution in [2.75, 3.05) is 13.2 Å². The van der Waals surface area contributed by atoms with Crippen molar-refractivity contribution >= 4 is 23.5 Å². The Morgan fingerprint density at radius 2 is 1.68 bits per heavy atom. The van der Waals surface area contributed by atoms with Gasteiger partial charge in [0.15, 0.2) is 0 Å². The Labute approximate surface area is 338 Å². The van der Waals surface area contributed by atoms with Crippen LogP contribution in [0, 0.1) is 30.6 Å². The fourth-order valence-electron chi connectivity index (χ4n) is 7.16. The Bertz CT molecular complexity index is 2340. The minimum Gasteiger partial charge on any atom is -0.488 e. The number of carbonyl (C=O) groups is 2. The molecule has 1 aliphatic rings. The van der Waals surface area contributed by atoms with Crippen molar-refractivity contribution in [3.63, 3.8) is 0 Å². The van der Waals surface area contributed by atoms with E-state index < -0.39 is 18.0 Å². The topological polar surface area (TPSA) is 154 Å². The number of ether oxygens (including phenoxy) is 2. The average Bonchev–Trinajstić information content (AvgIpc) is 3.21.